The largest absolute Gasteiger partial charge is 0.457 e. The summed E-state index contributed by atoms with van der Waals surface area (Å²) in [5.74, 6) is -0.584. The molecule has 3 aliphatic rings. The number of hydrogen-bond acceptors (Lipinski definition) is 8. The molecule has 0 bridgehead atoms. The Kier molecular flexibility index (Phi) is 14.9. The van der Waals surface area contributed by atoms with Crippen molar-refractivity contribution in [3.63, 3.8) is 0 Å². The summed E-state index contributed by atoms with van der Waals surface area (Å²) in [4.78, 5) is 42.2. The number of nitrogens with zero attached hydrogens (tertiary/aromatic N) is 3. The van der Waals surface area contributed by atoms with Crippen LogP contribution in [0, 0.1) is 11.8 Å². The lowest BCUT2D eigenvalue weighted by Gasteiger charge is -2.35. The van der Waals surface area contributed by atoms with Gasteiger partial charge in [-0.3, -0.25) is 9.69 Å². The Labute approximate surface area is 270 Å². The van der Waals surface area contributed by atoms with Crippen molar-refractivity contribution in [2.24, 2.45) is 11.8 Å². The second-order valence-corrected chi connectivity index (χ2v) is 12.6. The lowest BCUT2D eigenvalue weighted by atomic mass is 9.95. The highest BCUT2D eigenvalue weighted by atomic mass is 19.4. The fourth-order valence-electron chi connectivity index (χ4n) is 5.85. The van der Waals surface area contributed by atoms with E-state index in [1.165, 1.54) is 9.80 Å². The van der Waals surface area contributed by atoms with Gasteiger partial charge in [-0.15, -0.1) is 0 Å². The summed E-state index contributed by atoms with van der Waals surface area (Å²) >= 11 is 0. The number of cyclic esters (lactones) is 1. The number of hydrogen-bond donors (Lipinski definition) is 1. The lowest BCUT2D eigenvalue weighted by molar-refractivity contribution is -0.149. The van der Waals surface area contributed by atoms with E-state index in [0.29, 0.717) is 19.4 Å². The van der Waals surface area contributed by atoms with Crippen molar-refractivity contribution in [3.05, 3.63) is 36.0 Å². The monoisotopic (exact) mass is 657 g/mol. The fraction of sp³-hybridized carbons (Fsp3) is 0.727. The fourth-order valence-corrected chi connectivity index (χ4v) is 5.85. The molecular weight excluding hydrogens is 607 g/mol. The minimum atomic E-state index is -4.28. The minimum absolute atomic E-state index is 0.0672. The number of piperazine rings is 1. The molecule has 1 unspecified atom stereocenters. The zero-order chi connectivity index (χ0) is 33.7. The van der Waals surface area contributed by atoms with Gasteiger partial charge in [0.25, 0.3) is 0 Å². The molecule has 260 valence electrons. The maximum Gasteiger partial charge on any atom is 0.410 e. The summed E-state index contributed by atoms with van der Waals surface area (Å²) in [5, 5.41) is 9.44. The maximum atomic E-state index is 12.9. The molecule has 0 saturated carbocycles. The summed E-state index contributed by atoms with van der Waals surface area (Å²) < 4.78 is 55.3. The minimum Gasteiger partial charge on any atom is -0.457 e. The number of likely N-dealkylation sites (tertiary alicyclic amines) is 1. The number of ether oxygens (including phenoxy) is 3. The first-order chi connectivity index (χ1) is 21.9. The van der Waals surface area contributed by atoms with Crippen LogP contribution in [0.3, 0.4) is 0 Å². The van der Waals surface area contributed by atoms with E-state index >= 15 is 0 Å². The molecular formula is C33H50F3N3O7. The van der Waals surface area contributed by atoms with Gasteiger partial charge in [-0.1, -0.05) is 44.6 Å². The van der Waals surface area contributed by atoms with Gasteiger partial charge in [-0.25, -0.2) is 9.59 Å². The summed E-state index contributed by atoms with van der Waals surface area (Å²) in [7, 11) is 0. The zero-order valence-corrected chi connectivity index (χ0v) is 27.3. The number of esters is 1. The number of allylic oxidation sites excluding steroid dienone is 2. The first-order valence-electron chi connectivity index (χ1n) is 16.4. The predicted octanol–water partition coefficient (Wildman–Crippen LogP) is 5.47. The average molecular weight is 658 g/mol. The van der Waals surface area contributed by atoms with Crippen molar-refractivity contribution in [3.8, 4) is 0 Å². The molecule has 3 aliphatic heterocycles. The van der Waals surface area contributed by atoms with Gasteiger partial charge in [0.15, 0.2) is 0 Å². The highest BCUT2D eigenvalue weighted by molar-refractivity contribution is 5.70. The molecule has 2 fully saturated rings. The zero-order valence-electron chi connectivity index (χ0n) is 27.3. The maximum absolute atomic E-state index is 12.9. The van der Waals surface area contributed by atoms with Gasteiger partial charge < -0.3 is 29.1 Å². The topological polar surface area (TPSA) is 109 Å². The van der Waals surface area contributed by atoms with Crippen molar-refractivity contribution in [1.82, 2.24) is 14.7 Å². The highest BCUT2D eigenvalue weighted by Crippen LogP contribution is 2.23. The van der Waals surface area contributed by atoms with Crippen molar-refractivity contribution < 1.29 is 46.9 Å². The average Bonchev–Trinajstić information content (AvgIpc) is 3.49. The number of alkyl halides is 3. The van der Waals surface area contributed by atoms with E-state index in [4.69, 9.17) is 14.2 Å². The Hall–Kier alpha value is -3.06. The van der Waals surface area contributed by atoms with Crippen molar-refractivity contribution >= 4 is 18.2 Å². The Bertz CT molecular complexity index is 1090. The molecule has 0 spiro atoms. The van der Waals surface area contributed by atoms with E-state index in [9.17, 15) is 32.7 Å². The van der Waals surface area contributed by atoms with E-state index in [-0.39, 0.29) is 69.7 Å². The summed E-state index contributed by atoms with van der Waals surface area (Å²) in [5.41, 5.74) is 0.816. The molecule has 0 radical (unpaired) electrons. The number of carbonyl (C=O) groups is 3. The van der Waals surface area contributed by atoms with E-state index < -0.39 is 37.1 Å². The molecule has 2 amide bonds. The third-order valence-corrected chi connectivity index (χ3v) is 8.56. The van der Waals surface area contributed by atoms with Crippen molar-refractivity contribution in [1.29, 1.82) is 0 Å². The summed E-state index contributed by atoms with van der Waals surface area (Å²) in [6.45, 7) is 6.02. The van der Waals surface area contributed by atoms with Crippen LogP contribution in [0.5, 0.6) is 0 Å². The van der Waals surface area contributed by atoms with E-state index in [1.807, 2.05) is 51.2 Å². The Morgan fingerprint density at radius 2 is 1.80 bits per heavy atom. The molecule has 10 nitrogen and oxygen atoms in total. The van der Waals surface area contributed by atoms with Crippen LogP contribution in [0.4, 0.5) is 22.8 Å². The van der Waals surface area contributed by atoms with Crippen molar-refractivity contribution in [2.75, 3.05) is 52.5 Å². The number of rotatable bonds is 8. The van der Waals surface area contributed by atoms with Gasteiger partial charge in [0.05, 0.1) is 25.8 Å². The van der Waals surface area contributed by atoms with Crippen LogP contribution >= 0.6 is 0 Å². The molecule has 1 N–H and O–H groups in total. The Balaban J connectivity index is 1.57. The number of aliphatic hydroxyl groups is 1. The number of amides is 2. The van der Waals surface area contributed by atoms with Crippen LogP contribution in [0.2, 0.25) is 0 Å². The normalized spacial score (nSPS) is 27.5. The predicted molar refractivity (Wildman–Crippen MR) is 166 cm³/mol. The molecule has 13 heteroatoms. The Morgan fingerprint density at radius 1 is 1.07 bits per heavy atom. The van der Waals surface area contributed by atoms with Crippen LogP contribution < -0.4 is 0 Å². The highest BCUT2D eigenvalue weighted by Gasteiger charge is 2.34. The number of halogens is 3. The van der Waals surface area contributed by atoms with Gasteiger partial charge in [0, 0.05) is 51.0 Å². The van der Waals surface area contributed by atoms with Crippen LogP contribution in [0.15, 0.2) is 36.0 Å². The molecule has 0 aromatic heterocycles. The second kappa shape index (κ2) is 18.3. The number of aliphatic hydroxyl groups excluding tert-OH is 1. The summed E-state index contributed by atoms with van der Waals surface area (Å²) in [6.07, 6.45) is 7.60. The van der Waals surface area contributed by atoms with Crippen LogP contribution in [-0.4, -0.2) is 115 Å². The van der Waals surface area contributed by atoms with Gasteiger partial charge in [-0.2, -0.15) is 13.2 Å². The van der Waals surface area contributed by atoms with Gasteiger partial charge in [0.2, 0.25) is 0 Å². The van der Waals surface area contributed by atoms with E-state index in [0.717, 1.165) is 31.3 Å². The third-order valence-electron chi connectivity index (χ3n) is 8.56. The standard InChI is InChI=1S/C33H50F3N3O7/c1-24(22-44-32(43)39-16-8-11-27(39)21-40)9-7-10-25(2)30-26(3)14-15-28(12-5-4-6-13-29(41)46-30)45-31(42)38-19-17-37(18-20-38)23-33(34,35)36/h7,9-10,14-15,24,26-28,30,40H,4-6,8,11-13,16-23H2,1-3H3/b9-7+,15-14+,25-10+/t24?,26-,27+,28+,30+/m0/s1. The van der Waals surface area contributed by atoms with Crippen LogP contribution in [0.25, 0.3) is 0 Å². The molecule has 0 aliphatic carbocycles. The summed E-state index contributed by atoms with van der Waals surface area (Å²) in [6, 6.07) is -0.188. The SMILES string of the molecule is C/C(=C\C=C\C(C)COC(=O)N1CCC[C@@H]1CO)[C@H]1OC(=O)CCCCC[C@@H](OC(=O)N2CCN(CC(F)(F)F)CC2)/C=C/[C@@H]1C. The Morgan fingerprint density at radius 3 is 2.50 bits per heavy atom. The van der Waals surface area contributed by atoms with Crippen molar-refractivity contribution in [2.45, 2.75) is 90.1 Å². The molecule has 0 aromatic rings. The quantitative estimate of drug-likeness (QED) is 0.159. The second-order valence-electron chi connectivity index (χ2n) is 12.6. The van der Waals surface area contributed by atoms with Crippen LogP contribution in [-0.2, 0) is 19.0 Å². The molecule has 0 aromatic carbocycles. The number of carbonyl (C=O) groups excluding carboxylic acids is 3. The smallest absolute Gasteiger partial charge is 0.410 e. The lowest BCUT2D eigenvalue weighted by Crippen LogP contribution is -2.51. The van der Waals surface area contributed by atoms with E-state index in [2.05, 4.69) is 0 Å². The van der Waals surface area contributed by atoms with Gasteiger partial charge >= 0.3 is 24.3 Å². The first-order valence-corrected chi connectivity index (χ1v) is 16.4. The molecule has 5 atom stereocenters. The molecule has 46 heavy (non-hydrogen) atoms. The van der Waals surface area contributed by atoms with Gasteiger partial charge in [-0.05, 0) is 50.7 Å². The van der Waals surface area contributed by atoms with Crippen LogP contribution in [0.1, 0.15) is 65.7 Å². The van der Waals surface area contributed by atoms with Gasteiger partial charge in [0.1, 0.15) is 12.2 Å². The third kappa shape index (κ3) is 12.6. The molecule has 3 rings (SSSR count). The van der Waals surface area contributed by atoms with E-state index in [1.54, 1.807) is 4.90 Å². The molecule has 2 saturated heterocycles. The first kappa shape index (κ1) is 37.4. The molecule has 3 heterocycles.